The number of nitrogens with zero attached hydrogens (tertiary/aromatic N) is 1. The normalized spacial score (nSPS) is 20.0. The van der Waals surface area contributed by atoms with Crippen molar-refractivity contribution in [3.63, 3.8) is 0 Å². The van der Waals surface area contributed by atoms with Crippen molar-refractivity contribution in [2.45, 2.75) is 18.9 Å². The van der Waals surface area contributed by atoms with Gasteiger partial charge in [0.05, 0.1) is 22.6 Å². The van der Waals surface area contributed by atoms with Crippen LogP contribution in [0.4, 0.5) is 5.69 Å². The number of anilines is 1. The van der Waals surface area contributed by atoms with Gasteiger partial charge in [0, 0.05) is 12.7 Å². The van der Waals surface area contributed by atoms with Gasteiger partial charge in [0.1, 0.15) is 17.9 Å². The summed E-state index contributed by atoms with van der Waals surface area (Å²) in [6.45, 7) is 1.61. The van der Waals surface area contributed by atoms with Crippen molar-refractivity contribution in [3.05, 3.63) is 34.1 Å². The van der Waals surface area contributed by atoms with E-state index in [1.54, 1.807) is 6.07 Å². The average Bonchev–Trinajstić information content (AvgIpc) is 2.94. The molecule has 1 unspecified atom stereocenters. The summed E-state index contributed by atoms with van der Waals surface area (Å²) in [7, 11) is 0. The molecule has 6 heteroatoms. The predicted octanol–water partition coefficient (Wildman–Crippen LogP) is 1.59. The molecule has 4 rings (SSSR count). The Balaban J connectivity index is 1.95. The number of carboxylic acids is 1. The molecule has 2 aliphatic rings. The minimum absolute atomic E-state index is 0.252. The van der Waals surface area contributed by atoms with Crippen molar-refractivity contribution < 1.29 is 14.6 Å². The highest BCUT2D eigenvalue weighted by Gasteiger charge is 2.32. The number of aromatic nitrogens is 1. The largest absolute Gasteiger partial charge is 0.489 e. The lowest BCUT2D eigenvalue weighted by atomic mass is 10.1. The zero-order valence-electron chi connectivity index (χ0n) is 11.3. The van der Waals surface area contributed by atoms with Gasteiger partial charge in [-0.2, -0.15) is 0 Å². The molecule has 6 nitrogen and oxygen atoms in total. The maximum atomic E-state index is 12.2. The lowest BCUT2D eigenvalue weighted by molar-refractivity contribution is 0.0695. The third-order valence-electron chi connectivity index (χ3n) is 4.31. The van der Waals surface area contributed by atoms with Crippen LogP contribution in [0.1, 0.15) is 23.2 Å². The number of rotatable bonds is 1. The molecule has 2 aromatic rings. The van der Waals surface area contributed by atoms with E-state index in [2.05, 4.69) is 9.88 Å². The van der Waals surface area contributed by atoms with E-state index in [4.69, 9.17) is 9.84 Å². The lowest BCUT2D eigenvalue weighted by Gasteiger charge is -2.33. The van der Waals surface area contributed by atoms with Crippen LogP contribution in [-0.4, -0.2) is 35.3 Å². The van der Waals surface area contributed by atoms with Crippen LogP contribution < -0.4 is 15.1 Å². The fourth-order valence-electron chi connectivity index (χ4n) is 3.25. The first-order valence-corrected chi connectivity index (χ1v) is 6.97. The fourth-order valence-corrected chi connectivity index (χ4v) is 3.25. The summed E-state index contributed by atoms with van der Waals surface area (Å²) < 4.78 is 5.76. The van der Waals surface area contributed by atoms with E-state index in [1.165, 1.54) is 6.20 Å². The number of fused-ring (bicyclic) bond motifs is 4. The number of aromatic carboxylic acids is 1. The van der Waals surface area contributed by atoms with Crippen LogP contribution in [-0.2, 0) is 0 Å². The van der Waals surface area contributed by atoms with Crippen LogP contribution in [0.25, 0.3) is 10.9 Å². The van der Waals surface area contributed by atoms with Crippen molar-refractivity contribution in [2.75, 3.05) is 18.1 Å². The molecule has 0 spiro atoms. The van der Waals surface area contributed by atoms with Gasteiger partial charge in [0.25, 0.3) is 0 Å². The fraction of sp³-hybridized carbons (Fsp3) is 0.333. The summed E-state index contributed by atoms with van der Waals surface area (Å²) in [6.07, 6.45) is 3.51. The maximum absolute atomic E-state index is 12.2. The van der Waals surface area contributed by atoms with Crippen LogP contribution in [0.2, 0.25) is 0 Å². The minimum atomic E-state index is -1.23. The molecule has 0 aliphatic carbocycles. The number of H-pyrrole nitrogens is 1. The zero-order chi connectivity index (χ0) is 14.6. The van der Waals surface area contributed by atoms with E-state index < -0.39 is 11.4 Å². The van der Waals surface area contributed by atoms with Crippen molar-refractivity contribution in [3.8, 4) is 5.75 Å². The molecule has 2 aliphatic heterocycles. The third-order valence-corrected chi connectivity index (χ3v) is 4.31. The molecule has 2 N–H and O–H groups in total. The van der Waals surface area contributed by atoms with E-state index in [1.807, 2.05) is 6.07 Å². The van der Waals surface area contributed by atoms with Gasteiger partial charge >= 0.3 is 5.97 Å². The number of pyridine rings is 1. The van der Waals surface area contributed by atoms with E-state index in [0.717, 1.165) is 25.1 Å². The molecule has 21 heavy (non-hydrogen) atoms. The first kappa shape index (κ1) is 12.3. The number of benzene rings is 1. The minimum Gasteiger partial charge on any atom is -0.489 e. The summed E-state index contributed by atoms with van der Waals surface area (Å²) in [5, 5.41) is 9.38. The Labute approximate surface area is 120 Å². The van der Waals surface area contributed by atoms with Crippen LogP contribution in [0, 0.1) is 0 Å². The van der Waals surface area contributed by atoms with Gasteiger partial charge in [-0.25, -0.2) is 4.79 Å². The van der Waals surface area contributed by atoms with E-state index in [0.29, 0.717) is 29.3 Å². The molecule has 1 fully saturated rings. The summed E-state index contributed by atoms with van der Waals surface area (Å²) in [5.41, 5.74) is 0.887. The zero-order valence-corrected chi connectivity index (χ0v) is 11.3. The quantitative estimate of drug-likeness (QED) is 0.831. The number of aromatic amines is 1. The topological polar surface area (TPSA) is 82.6 Å². The second kappa shape index (κ2) is 4.25. The first-order chi connectivity index (χ1) is 10.1. The Morgan fingerprint density at radius 3 is 3.10 bits per heavy atom. The highest BCUT2D eigenvalue weighted by Crippen LogP contribution is 2.39. The van der Waals surface area contributed by atoms with E-state index >= 15 is 0 Å². The van der Waals surface area contributed by atoms with Gasteiger partial charge in [-0.3, -0.25) is 4.79 Å². The molecule has 1 saturated heterocycles. The van der Waals surface area contributed by atoms with Crippen LogP contribution in [0.5, 0.6) is 5.75 Å². The van der Waals surface area contributed by atoms with E-state index in [9.17, 15) is 9.59 Å². The van der Waals surface area contributed by atoms with Crippen molar-refractivity contribution in [2.24, 2.45) is 0 Å². The molecule has 1 atom stereocenters. The van der Waals surface area contributed by atoms with Gasteiger partial charge in [-0.15, -0.1) is 0 Å². The van der Waals surface area contributed by atoms with Crippen molar-refractivity contribution in [1.29, 1.82) is 0 Å². The summed E-state index contributed by atoms with van der Waals surface area (Å²) >= 11 is 0. The van der Waals surface area contributed by atoms with Crippen molar-refractivity contribution >= 4 is 22.6 Å². The monoisotopic (exact) mass is 286 g/mol. The Kier molecular flexibility index (Phi) is 2.48. The molecule has 0 bridgehead atoms. The second-order valence-corrected chi connectivity index (χ2v) is 5.50. The van der Waals surface area contributed by atoms with Crippen molar-refractivity contribution in [1.82, 2.24) is 4.98 Å². The Morgan fingerprint density at radius 1 is 1.43 bits per heavy atom. The molecule has 0 amide bonds. The number of carboxylic acid groups (broad SMARTS) is 1. The molecule has 0 radical (unpaired) electrons. The smallest absolute Gasteiger partial charge is 0.341 e. The molecular weight excluding hydrogens is 272 g/mol. The number of hydrogen-bond acceptors (Lipinski definition) is 4. The molecule has 1 aromatic heterocycles. The summed E-state index contributed by atoms with van der Waals surface area (Å²) in [4.78, 5) is 28.5. The van der Waals surface area contributed by atoms with Crippen LogP contribution >= 0.6 is 0 Å². The molecule has 0 saturated carbocycles. The highest BCUT2D eigenvalue weighted by molar-refractivity contribution is 5.94. The molecular formula is C15H14N2O4. The number of hydrogen-bond donors (Lipinski definition) is 2. The Hall–Kier alpha value is -2.50. The standard InChI is InChI=1S/C15H14N2O4/c18-14-9-4-13-12(17-3-1-2-8(17)7-21-13)5-11(9)16-6-10(14)15(19)20/h4-6,8H,1-3,7H2,(H,16,18)(H,19,20). The Bertz CT molecular complexity index is 811. The molecule has 3 heterocycles. The average molecular weight is 286 g/mol. The van der Waals surface area contributed by atoms with Gasteiger partial charge < -0.3 is 19.7 Å². The number of ether oxygens (including phenoxy) is 1. The van der Waals surface area contributed by atoms with Gasteiger partial charge in [-0.1, -0.05) is 0 Å². The number of carbonyl (C=O) groups is 1. The van der Waals surface area contributed by atoms with Crippen LogP contribution in [0.15, 0.2) is 23.1 Å². The third kappa shape index (κ3) is 1.72. The van der Waals surface area contributed by atoms with E-state index in [-0.39, 0.29) is 5.56 Å². The highest BCUT2D eigenvalue weighted by atomic mass is 16.5. The summed E-state index contributed by atoms with van der Waals surface area (Å²) in [6, 6.07) is 3.94. The second-order valence-electron chi connectivity index (χ2n) is 5.50. The first-order valence-electron chi connectivity index (χ1n) is 6.97. The van der Waals surface area contributed by atoms with Gasteiger partial charge in [0.15, 0.2) is 0 Å². The predicted molar refractivity (Wildman–Crippen MR) is 77.4 cm³/mol. The van der Waals surface area contributed by atoms with Gasteiger partial charge in [0.2, 0.25) is 5.43 Å². The summed E-state index contributed by atoms with van der Waals surface area (Å²) in [5.74, 6) is -0.565. The maximum Gasteiger partial charge on any atom is 0.341 e. The lowest BCUT2D eigenvalue weighted by Crippen LogP contribution is -2.38. The Morgan fingerprint density at radius 2 is 2.29 bits per heavy atom. The molecule has 108 valence electrons. The molecule has 1 aromatic carbocycles. The number of nitrogens with one attached hydrogen (secondary N) is 1. The SMILES string of the molecule is O=C(O)c1c[nH]c2cc3c(cc2c1=O)OCC1CCCN31. The van der Waals surface area contributed by atoms with Crippen LogP contribution in [0.3, 0.4) is 0 Å². The van der Waals surface area contributed by atoms with Gasteiger partial charge in [-0.05, 0) is 25.0 Å².